The molecule has 310 valence electrons. The zero-order valence-corrected chi connectivity index (χ0v) is 34.8. The number of rotatable bonds is 20. The minimum Gasteiger partial charge on any atom is -0.446 e. The van der Waals surface area contributed by atoms with Gasteiger partial charge in [0, 0.05) is 32.6 Å². The highest BCUT2D eigenvalue weighted by atomic mass is 16.6. The van der Waals surface area contributed by atoms with E-state index in [1.807, 2.05) is 0 Å². The van der Waals surface area contributed by atoms with Gasteiger partial charge in [0.25, 0.3) is 0 Å². The summed E-state index contributed by atoms with van der Waals surface area (Å²) in [5.74, 6) is 3.95. The molecule has 0 spiro atoms. The van der Waals surface area contributed by atoms with Crippen molar-refractivity contribution in [3.8, 4) is 0 Å². The fraction of sp³-hybridized carbons (Fsp3) is 0.884. The fourth-order valence-electron chi connectivity index (χ4n) is 10.6. The summed E-state index contributed by atoms with van der Waals surface area (Å²) >= 11 is 0. The Kier molecular flexibility index (Phi) is 16.6. The van der Waals surface area contributed by atoms with Crippen LogP contribution in [0.2, 0.25) is 0 Å². The third-order valence-corrected chi connectivity index (χ3v) is 13.5. The van der Waals surface area contributed by atoms with Gasteiger partial charge in [-0.25, -0.2) is 9.59 Å². The number of carbonyl (C=O) groups is 3. The molecule has 4 aliphatic carbocycles. The van der Waals surface area contributed by atoms with E-state index in [1.165, 1.54) is 56.9 Å². The summed E-state index contributed by atoms with van der Waals surface area (Å²) < 4.78 is 11.5. The highest BCUT2D eigenvalue weighted by Gasteiger charge is 2.58. The molecular formula is C43H76N4O7. The molecule has 4 aliphatic rings. The summed E-state index contributed by atoms with van der Waals surface area (Å²) in [5, 5.41) is 29.0. The van der Waals surface area contributed by atoms with Crippen LogP contribution in [-0.4, -0.2) is 96.9 Å². The number of ether oxygens (including phenoxy) is 2. The van der Waals surface area contributed by atoms with Gasteiger partial charge in [0.05, 0.1) is 18.8 Å². The third kappa shape index (κ3) is 12.3. The van der Waals surface area contributed by atoms with Crippen molar-refractivity contribution >= 4 is 18.6 Å². The molecule has 11 heteroatoms. The van der Waals surface area contributed by atoms with Crippen molar-refractivity contribution in [2.75, 3.05) is 39.3 Å². The normalized spacial score (nSPS) is 30.3. The number of aliphatic hydroxyl groups is 2. The number of alkyl carbamates (subject to hydrolysis) is 1. The molecule has 0 radical (unpaired) electrons. The highest BCUT2D eigenvalue weighted by Crippen LogP contribution is 2.66. The van der Waals surface area contributed by atoms with Crippen LogP contribution in [0.5, 0.6) is 0 Å². The van der Waals surface area contributed by atoms with Crippen molar-refractivity contribution in [1.29, 1.82) is 0 Å². The Bertz CT molecular complexity index is 1240. The number of hydrogen-bond donors (Lipinski definition) is 5. The van der Waals surface area contributed by atoms with Crippen LogP contribution >= 0.6 is 0 Å². The molecule has 0 saturated heterocycles. The lowest BCUT2D eigenvalue weighted by molar-refractivity contribution is -0.109. The number of fused-ring (bicyclic) bond motifs is 5. The Balaban J connectivity index is 1.32. The van der Waals surface area contributed by atoms with Gasteiger partial charge in [-0.1, -0.05) is 58.6 Å². The first kappa shape index (κ1) is 44.3. The number of aliphatic hydroxyl groups excluding tert-OH is 2. The van der Waals surface area contributed by atoms with E-state index in [9.17, 15) is 24.6 Å². The van der Waals surface area contributed by atoms with Crippen molar-refractivity contribution in [2.24, 2.45) is 40.4 Å². The Morgan fingerprint density at radius 2 is 1.76 bits per heavy atom. The van der Waals surface area contributed by atoms with Crippen LogP contribution < -0.4 is 16.0 Å². The molecule has 0 bridgehead atoms. The van der Waals surface area contributed by atoms with Gasteiger partial charge in [-0.2, -0.15) is 0 Å². The van der Waals surface area contributed by atoms with E-state index in [4.69, 9.17) is 9.47 Å². The molecule has 9 unspecified atom stereocenters. The molecule has 5 N–H and O–H groups in total. The van der Waals surface area contributed by atoms with E-state index < -0.39 is 30.0 Å². The predicted octanol–water partition coefficient (Wildman–Crippen LogP) is 6.95. The summed E-state index contributed by atoms with van der Waals surface area (Å²) in [7, 11) is 0. The van der Waals surface area contributed by atoms with Crippen LogP contribution in [-0.2, 0) is 14.3 Å². The predicted molar refractivity (Wildman–Crippen MR) is 213 cm³/mol. The van der Waals surface area contributed by atoms with Gasteiger partial charge >= 0.3 is 12.2 Å². The number of amides is 3. The molecule has 4 rings (SSSR count). The van der Waals surface area contributed by atoms with Crippen molar-refractivity contribution < 1.29 is 34.1 Å². The first-order valence-corrected chi connectivity index (χ1v) is 21.4. The molecule has 3 amide bonds. The van der Waals surface area contributed by atoms with Crippen LogP contribution in [0.4, 0.5) is 9.59 Å². The lowest BCUT2D eigenvalue weighted by Gasteiger charge is -2.58. The average Bonchev–Trinajstić information content (AvgIpc) is 3.44. The molecule has 0 aromatic rings. The second kappa shape index (κ2) is 20.2. The maximum atomic E-state index is 13.7. The summed E-state index contributed by atoms with van der Waals surface area (Å²) in [6.07, 6.45) is 16.3. The minimum absolute atomic E-state index is 0.0217. The first-order valence-electron chi connectivity index (χ1n) is 21.4. The van der Waals surface area contributed by atoms with Crippen molar-refractivity contribution in [2.45, 2.75) is 162 Å². The lowest BCUT2D eigenvalue weighted by atomic mass is 9.47. The lowest BCUT2D eigenvalue weighted by Crippen LogP contribution is -2.51. The fourth-order valence-corrected chi connectivity index (χ4v) is 10.6. The number of carbonyl (C=O) groups excluding carboxylic acids is 3. The van der Waals surface area contributed by atoms with Crippen LogP contribution in [0, 0.1) is 40.4 Å². The standard InChI is InChI=1S/C43H76N4O7/c1-30(2)12-8-9-13-31-15-17-37-36-16-14-32-24-35(18-20-43(32,7)38(36)19-21-42(31,37)6)53-40(52)47(23-11-10-22-44-25-33(49)26-45-29-48)28-34(50)27-46-39(51)54-41(3,4)5/h14,29-31,33-38,44,49-50H,8-13,15-28H2,1-7H3,(H,45,48)(H,46,51). The first-order chi connectivity index (χ1) is 25.6. The Hall–Kier alpha value is -2.37. The molecule has 54 heavy (non-hydrogen) atoms. The largest absolute Gasteiger partial charge is 0.446 e. The van der Waals surface area contributed by atoms with Crippen molar-refractivity contribution in [1.82, 2.24) is 20.9 Å². The summed E-state index contributed by atoms with van der Waals surface area (Å²) in [4.78, 5) is 38.0. The molecule has 3 saturated carbocycles. The van der Waals surface area contributed by atoms with Gasteiger partial charge in [-0.15, -0.1) is 0 Å². The Morgan fingerprint density at radius 3 is 2.48 bits per heavy atom. The van der Waals surface area contributed by atoms with Crippen LogP contribution in [0.1, 0.15) is 138 Å². The minimum atomic E-state index is -0.997. The maximum Gasteiger partial charge on any atom is 0.410 e. The van der Waals surface area contributed by atoms with Gasteiger partial charge in [0.15, 0.2) is 0 Å². The second-order valence-corrected chi connectivity index (χ2v) is 19.1. The van der Waals surface area contributed by atoms with Gasteiger partial charge < -0.3 is 40.5 Å². The Labute approximate surface area is 326 Å². The molecule has 0 aliphatic heterocycles. The number of nitrogens with zero attached hydrogens (tertiary/aromatic N) is 1. The van der Waals surface area contributed by atoms with Crippen LogP contribution in [0.25, 0.3) is 0 Å². The smallest absolute Gasteiger partial charge is 0.410 e. The zero-order valence-electron chi connectivity index (χ0n) is 34.8. The SMILES string of the molecule is CC(C)CCCCC1CCC2C3CC=C4CC(OC(=O)N(CCCCNCC(O)CNC=O)CC(O)CNC(=O)OC(C)(C)C)CCC4(C)C3CCC12C. The van der Waals surface area contributed by atoms with Crippen molar-refractivity contribution in [3.63, 3.8) is 0 Å². The van der Waals surface area contributed by atoms with Gasteiger partial charge in [-0.3, -0.25) is 4.79 Å². The maximum absolute atomic E-state index is 13.7. The number of nitrogens with one attached hydrogen (secondary N) is 3. The zero-order chi connectivity index (χ0) is 39.5. The molecule has 3 fully saturated rings. The second-order valence-electron chi connectivity index (χ2n) is 19.1. The van der Waals surface area contributed by atoms with E-state index in [0.29, 0.717) is 43.8 Å². The van der Waals surface area contributed by atoms with E-state index in [1.54, 1.807) is 25.7 Å². The summed E-state index contributed by atoms with van der Waals surface area (Å²) in [6.45, 7) is 16.7. The number of unbranched alkanes of at least 4 members (excludes halogenated alkanes) is 2. The summed E-state index contributed by atoms with van der Waals surface area (Å²) in [5.41, 5.74) is 1.46. The molecule has 9 atom stereocenters. The molecule has 0 aromatic carbocycles. The molecule has 11 nitrogen and oxygen atoms in total. The van der Waals surface area contributed by atoms with Gasteiger partial charge in [0.2, 0.25) is 6.41 Å². The molecule has 0 heterocycles. The number of allylic oxidation sites excluding steroid dienone is 1. The van der Waals surface area contributed by atoms with E-state index in [2.05, 4.69) is 49.7 Å². The molecule has 0 aromatic heterocycles. The topological polar surface area (TPSA) is 149 Å². The monoisotopic (exact) mass is 761 g/mol. The Morgan fingerprint density at radius 1 is 0.981 bits per heavy atom. The van der Waals surface area contributed by atoms with E-state index >= 15 is 0 Å². The highest BCUT2D eigenvalue weighted by molar-refractivity contribution is 5.68. The third-order valence-electron chi connectivity index (χ3n) is 13.5. The number of hydrogen-bond acceptors (Lipinski definition) is 8. The van der Waals surface area contributed by atoms with Crippen molar-refractivity contribution in [3.05, 3.63) is 11.6 Å². The summed E-state index contributed by atoms with van der Waals surface area (Å²) in [6, 6.07) is 0. The van der Waals surface area contributed by atoms with E-state index in [0.717, 1.165) is 55.8 Å². The van der Waals surface area contributed by atoms with Crippen LogP contribution in [0.15, 0.2) is 11.6 Å². The molecular weight excluding hydrogens is 684 g/mol. The quantitative estimate of drug-likeness (QED) is 0.0509. The average molecular weight is 761 g/mol. The van der Waals surface area contributed by atoms with E-state index in [-0.39, 0.29) is 31.2 Å². The van der Waals surface area contributed by atoms with Crippen LogP contribution in [0.3, 0.4) is 0 Å². The van der Waals surface area contributed by atoms with Gasteiger partial charge in [-0.05, 0) is 132 Å². The van der Waals surface area contributed by atoms with Gasteiger partial charge in [0.1, 0.15) is 11.7 Å².